The van der Waals surface area contributed by atoms with E-state index < -0.39 is 6.10 Å². The Hall–Kier alpha value is -2.54. The summed E-state index contributed by atoms with van der Waals surface area (Å²) in [6.45, 7) is 0.437. The van der Waals surface area contributed by atoms with Crippen LogP contribution in [0, 0.1) is 5.82 Å². The predicted octanol–water partition coefficient (Wildman–Crippen LogP) is 1.80. The number of nitrogens with zero attached hydrogens (tertiary/aromatic N) is 4. The minimum atomic E-state index is -0.485. The average molecular weight is 299 g/mol. The Bertz CT molecular complexity index is 820. The number of nitrogens with one attached hydrogen (secondary N) is 1. The lowest BCUT2D eigenvalue weighted by Gasteiger charge is -2.25. The van der Waals surface area contributed by atoms with Crippen LogP contribution in [0.5, 0.6) is 0 Å². The summed E-state index contributed by atoms with van der Waals surface area (Å²) < 4.78 is 13.5. The van der Waals surface area contributed by atoms with Crippen LogP contribution in [-0.4, -0.2) is 37.7 Å². The lowest BCUT2D eigenvalue weighted by Crippen LogP contribution is -2.25. The number of halogens is 1. The van der Waals surface area contributed by atoms with Crippen molar-refractivity contribution in [3.8, 4) is 0 Å². The van der Waals surface area contributed by atoms with Crippen LogP contribution >= 0.6 is 0 Å². The van der Waals surface area contributed by atoms with Crippen LogP contribution in [0.4, 0.5) is 10.2 Å². The van der Waals surface area contributed by atoms with Gasteiger partial charge in [0.15, 0.2) is 11.5 Å². The van der Waals surface area contributed by atoms with Crippen molar-refractivity contribution >= 4 is 17.0 Å². The first-order valence-electron chi connectivity index (χ1n) is 7.06. The highest BCUT2D eigenvalue weighted by Gasteiger charge is 2.34. The number of benzene rings is 1. The zero-order valence-electron chi connectivity index (χ0n) is 11.6. The Kier molecular flexibility index (Phi) is 3.00. The molecule has 1 aromatic carbocycles. The van der Waals surface area contributed by atoms with Gasteiger partial charge in [-0.1, -0.05) is 12.1 Å². The topological polar surface area (TPSA) is 77.9 Å². The summed E-state index contributed by atoms with van der Waals surface area (Å²) in [6, 6.07) is 6.33. The fourth-order valence-electron chi connectivity index (χ4n) is 3.05. The molecule has 7 heteroatoms. The number of anilines is 1. The number of fused-ring (bicyclic) bond motifs is 1. The smallest absolute Gasteiger partial charge is 0.182 e. The predicted molar refractivity (Wildman–Crippen MR) is 78.8 cm³/mol. The van der Waals surface area contributed by atoms with Gasteiger partial charge in [0.1, 0.15) is 17.7 Å². The summed E-state index contributed by atoms with van der Waals surface area (Å²) >= 11 is 0. The number of aliphatic hydroxyl groups is 1. The third-order valence-corrected chi connectivity index (χ3v) is 3.99. The molecule has 6 nitrogen and oxygen atoms in total. The van der Waals surface area contributed by atoms with E-state index in [9.17, 15) is 9.50 Å². The Morgan fingerprint density at radius 1 is 1.27 bits per heavy atom. The maximum atomic E-state index is 13.5. The van der Waals surface area contributed by atoms with Crippen LogP contribution in [-0.2, 0) is 0 Å². The van der Waals surface area contributed by atoms with E-state index in [4.69, 9.17) is 0 Å². The Morgan fingerprint density at radius 2 is 2.18 bits per heavy atom. The zero-order chi connectivity index (χ0) is 15.1. The van der Waals surface area contributed by atoms with E-state index in [2.05, 4.69) is 19.9 Å². The van der Waals surface area contributed by atoms with Crippen molar-refractivity contribution in [2.24, 2.45) is 0 Å². The van der Waals surface area contributed by atoms with Crippen LogP contribution in [0.2, 0.25) is 0 Å². The summed E-state index contributed by atoms with van der Waals surface area (Å²) in [6.07, 6.45) is 3.06. The number of aromatic amines is 1. The molecule has 4 rings (SSSR count). The first-order valence-corrected chi connectivity index (χ1v) is 7.06. The number of hydrogen-bond donors (Lipinski definition) is 2. The molecule has 0 radical (unpaired) electrons. The molecule has 1 aliphatic rings. The first kappa shape index (κ1) is 13.1. The van der Waals surface area contributed by atoms with Gasteiger partial charge in [0.05, 0.1) is 18.5 Å². The highest BCUT2D eigenvalue weighted by molar-refractivity contribution is 5.83. The van der Waals surface area contributed by atoms with Crippen LogP contribution in [0.25, 0.3) is 11.2 Å². The van der Waals surface area contributed by atoms with Gasteiger partial charge in [0, 0.05) is 6.54 Å². The van der Waals surface area contributed by atoms with Gasteiger partial charge in [0.2, 0.25) is 0 Å². The minimum Gasteiger partial charge on any atom is -0.391 e. The van der Waals surface area contributed by atoms with Crippen molar-refractivity contribution < 1.29 is 9.50 Å². The third kappa shape index (κ3) is 2.10. The molecular formula is C15H14FN5O. The number of aromatic nitrogens is 4. The second kappa shape index (κ2) is 5.03. The molecule has 2 atom stereocenters. The second-order valence-corrected chi connectivity index (χ2v) is 5.41. The Labute approximate surface area is 125 Å². The highest BCUT2D eigenvalue weighted by Crippen LogP contribution is 2.37. The van der Waals surface area contributed by atoms with Crippen molar-refractivity contribution in [1.29, 1.82) is 0 Å². The van der Waals surface area contributed by atoms with Gasteiger partial charge >= 0.3 is 0 Å². The van der Waals surface area contributed by atoms with Gasteiger partial charge in [-0.15, -0.1) is 0 Å². The third-order valence-electron chi connectivity index (χ3n) is 3.99. The van der Waals surface area contributed by atoms with Gasteiger partial charge in [-0.05, 0) is 24.1 Å². The Balaban J connectivity index is 1.80. The molecule has 0 aliphatic carbocycles. The van der Waals surface area contributed by atoms with Gasteiger partial charge < -0.3 is 15.0 Å². The summed E-state index contributed by atoms with van der Waals surface area (Å²) in [4.78, 5) is 17.6. The molecule has 1 fully saturated rings. The zero-order valence-corrected chi connectivity index (χ0v) is 11.6. The van der Waals surface area contributed by atoms with Crippen molar-refractivity contribution in [2.45, 2.75) is 18.6 Å². The standard InChI is InChI=1S/C15H14FN5O/c16-10-3-1-2-9(4-10)12-5-11(22)6-21(12)15-13-14(18-7-17-13)19-8-20-15/h1-4,7-8,11-12,22H,5-6H2,(H,17,18,19,20)/t11-,12-/m1/s1. The van der Waals surface area contributed by atoms with Gasteiger partial charge in [-0.3, -0.25) is 0 Å². The summed E-state index contributed by atoms with van der Waals surface area (Å²) in [5.74, 6) is 0.390. The molecule has 112 valence electrons. The van der Waals surface area contributed by atoms with E-state index in [1.807, 2.05) is 11.0 Å². The van der Waals surface area contributed by atoms with E-state index in [0.717, 1.165) is 11.1 Å². The molecule has 1 aliphatic heterocycles. The maximum Gasteiger partial charge on any atom is 0.182 e. The van der Waals surface area contributed by atoms with Gasteiger partial charge in [0.25, 0.3) is 0 Å². The number of rotatable bonds is 2. The quantitative estimate of drug-likeness (QED) is 0.754. The van der Waals surface area contributed by atoms with Crippen LogP contribution in [0.15, 0.2) is 36.9 Å². The minimum absolute atomic E-state index is 0.132. The van der Waals surface area contributed by atoms with E-state index >= 15 is 0 Å². The molecule has 0 amide bonds. The molecule has 0 unspecified atom stereocenters. The fraction of sp³-hybridized carbons (Fsp3) is 0.267. The molecular weight excluding hydrogens is 285 g/mol. The maximum absolute atomic E-state index is 13.5. The molecule has 0 saturated carbocycles. The highest BCUT2D eigenvalue weighted by atomic mass is 19.1. The fourth-order valence-corrected chi connectivity index (χ4v) is 3.05. The van der Waals surface area contributed by atoms with E-state index in [-0.39, 0.29) is 11.9 Å². The van der Waals surface area contributed by atoms with E-state index in [0.29, 0.717) is 24.4 Å². The number of H-pyrrole nitrogens is 1. The molecule has 3 aromatic rings. The van der Waals surface area contributed by atoms with Crippen molar-refractivity contribution in [3.63, 3.8) is 0 Å². The van der Waals surface area contributed by atoms with Crippen LogP contribution in [0.1, 0.15) is 18.0 Å². The molecule has 2 aromatic heterocycles. The molecule has 22 heavy (non-hydrogen) atoms. The first-order chi connectivity index (χ1) is 10.7. The van der Waals surface area contributed by atoms with Gasteiger partial charge in [-0.25, -0.2) is 19.3 Å². The summed E-state index contributed by atoms with van der Waals surface area (Å²) in [5.41, 5.74) is 2.12. The number of imidazole rings is 1. The molecule has 0 bridgehead atoms. The molecule has 1 saturated heterocycles. The van der Waals surface area contributed by atoms with Crippen molar-refractivity contribution in [3.05, 3.63) is 48.3 Å². The van der Waals surface area contributed by atoms with Crippen LogP contribution in [0.3, 0.4) is 0 Å². The van der Waals surface area contributed by atoms with E-state index in [1.54, 1.807) is 12.4 Å². The lowest BCUT2D eigenvalue weighted by molar-refractivity contribution is 0.194. The monoisotopic (exact) mass is 299 g/mol. The Morgan fingerprint density at radius 3 is 3.05 bits per heavy atom. The number of β-amino-alcohol motifs (C(OH)–C–C–N with tert-alkyl or cyclic N) is 1. The summed E-state index contributed by atoms with van der Waals surface area (Å²) in [7, 11) is 0. The van der Waals surface area contributed by atoms with Crippen LogP contribution < -0.4 is 4.90 Å². The SMILES string of the molecule is O[C@@H]1C[C@H](c2cccc(F)c2)N(c2ncnc3nc[nH]c23)C1. The lowest BCUT2D eigenvalue weighted by atomic mass is 10.0. The molecule has 2 N–H and O–H groups in total. The normalized spacial score (nSPS) is 21.6. The molecule has 3 heterocycles. The largest absolute Gasteiger partial charge is 0.391 e. The number of hydrogen-bond acceptors (Lipinski definition) is 5. The van der Waals surface area contributed by atoms with Crippen molar-refractivity contribution in [2.75, 3.05) is 11.4 Å². The summed E-state index contributed by atoms with van der Waals surface area (Å²) in [5, 5.41) is 10.1. The number of aliphatic hydroxyl groups excluding tert-OH is 1. The van der Waals surface area contributed by atoms with Crippen molar-refractivity contribution in [1.82, 2.24) is 19.9 Å². The van der Waals surface area contributed by atoms with E-state index in [1.165, 1.54) is 18.5 Å². The molecule has 0 spiro atoms. The second-order valence-electron chi connectivity index (χ2n) is 5.41. The van der Waals surface area contributed by atoms with Gasteiger partial charge in [-0.2, -0.15) is 0 Å². The average Bonchev–Trinajstić information content (AvgIpc) is 3.13.